The van der Waals surface area contributed by atoms with Crippen LogP contribution in [0.1, 0.15) is 27.2 Å². The third-order valence-corrected chi connectivity index (χ3v) is 3.37. The van der Waals surface area contributed by atoms with E-state index in [1.54, 1.807) is 20.8 Å². The van der Waals surface area contributed by atoms with Crippen LogP contribution in [0.3, 0.4) is 0 Å². The van der Waals surface area contributed by atoms with Crippen molar-refractivity contribution in [2.45, 2.75) is 38.5 Å². The number of likely N-dealkylation sites (tertiary alicyclic amines) is 1. The first-order valence-corrected chi connectivity index (χ1v) is 6.17. The number of hydrogen-bond donors (Lipinski definition) is 1. The van der Waals surface area contributed by atoms with Gasteiger partial charge in [0.25, 0.3) is 5.91 Å². The molecular weight excluding hydrogens is 239 g/mol. The van der Waals surface area contributed by atoms with Gasteiger partial charge in [0, 0.05) is 32.0 Å². The molecule has 0 aromatic heterocycles. The second-order valence-electron chi connectivity index (χ2n) is 5.95. The molecule has 2 atom stereocenters. The van der Waals surface area contributed by atoms with E-state index >= 15 is 0 Å². The van der Waals surface area contributed by atoms with Crippen molar-refractivity contribution < 1.29 is 18.7 Å². The van der Waals surface area contributed by atoms with Gasteiger partial charge >= 0.3 is 6.09 Å². The summed E-state index contributed by atoms with van der Waals surface area (Å²) in [6.45, 7) is 6.09. The van der Waals surface area contributed by atoms with Gasteiger partial charge in [-0.3, -0.25) is 4.79 Å². The molecule has 0 aromatic carbocycles. The molecule has 18 heavy (non-hydrogen) atoms. The molecule has 0 bridgehead atoms. The summed E-state index contributed by atoms with van der Waals surface area (Å²) in [6.07, 6.45) is -0.396. The highest BCUT2D eigenvalue weighted by Crippen LogP contribution is 2.36. The fraction of sp³-hybridized carbons (Fsp3) is 0.833. The first-order valence-electron chi connectivity index (χ1n) is 6.17. The molecule has 2 fully saturated rings. The number of nitrogens with one attached hydrogen (secondary N) is 1. The number of alkyl halides is 1. The lowest BCUT2D eigenvalue weighted by Crippen LogP contribution is -2.53. The predicted molar refractivity (Wildman–Crippen MR) is 62.8 cm³/mol. The quantitative estimate of drug-likeness (QED) is 0.707. The van der Waals surface area contributed by atoms with Gasteiger partial charge in [0.15, 0.2) is 5.67 Å². The van der Waals surface area contributed by atoms with Crippen molar-refractivity contribution in [3.8, 4) is 0 Å². The van der Waals surface area contributed by atoms with Crippen molar-refractivity contribution >= 4 is 12.0 Å². The lowest BCUT2D eigenvalue weighted by atomic mass is 9.85. The maximum absolute atomic E-state index is 14.3. The molecule has 2 saturated heterocycles. The SMILES string of the molecule is CC(C)(C)OC(=O)N1CC[C@@]2(F)C(=O)NC[C@H]2C1. The molecule has 2 amide bonds. The van der Waals surface area contributed by atoms with Gasteiger partial charge in [0.1, 0.15) is 5.60 Å². The average molecular weight is 258 g/mol. The maximum atomic E-state index is 14.3. The summed E-state index contributed by atoms with van der Waals surface area (Å²) in [5, 5.41) is 2.52. The topological polar surface area (TPSA) is 58.6 Å². The van der Waals surface area contributed by atoms with Crippen LogP contribution in [-0.2, 0) is 9.53 Å². The molecular formula is C12H19FN2O3. The monoisotopic (exact) mass is 258 g/mol. The number of piperidine rings is 1. The van der Waals surface area contributed by atoms with Crippen molar-refractivity contribution in [3.05, 3.63) is 0 Å². The van der Waals surface area contributed by atoms with E-state index in [-0.39, 0.29) is 26.1 Å². The third-order valence-electron chi connectivity index (χ3n) is 3.37. The van der Waals surface area contributed by atoms with Gasteiger partial charge < -0.3 is 15.0 Å². The van der Waals surface area contributed by atoms with Crippen molar-refractivity contribution in [2.75, 3.05) is 19.6 Å². The van der Waals surface area contributed by atoms with Gasteiger partial charge in [0.05, 0.1) is 0 Å². The highest BCUT2D eigenvalue weighted by atomic mass is 19.1. The Morgan fingerprint density at radius 1 is 1.56 bits per heavy atom. The smallest absolute Gasteiger partial charge is 0.410 e. The van der Waals surface area contributed by atoms with E-state index in [1.807, 2.05) is 0 Å². The second kappa shape index (κ2) is 4.10. The first kappa shape index (κ1) is 13.1. The fourth-order valence-electron chi connectivity index (χ4n) is 2.38. The summed E-state index contributed by atoms with van der Waals surface area (Å²) in [5.74, 6) is -1.01. The Kier molecular flexibility index (Phi) is 2.99. The average Bonchev–Trinajstić information content (AvgIpc) is 2.52. The number of rotatable bonds is 0. The number of fused-ring (bicyclic) bond motifs is 1. The zero-order valence-electron chi connectivity index (χ0n) is 11.0. The number of nitrogens with zero attached hydrogens (tertiary/aromatic N) is 1. The van der Waals surface area contributed by atoms with Crippen LogP contribution in [0.5, 0.6) is 0 Å². The Labute approximate surface area is 106 Å². The minimum Gasteiger partial charge on any atom is -0.444 e. The Balaban J connectivity index is 2.00. The van der Waals surface area contributed by atoms with Crippen molar-refractivity contribution in [1.82, 2.24) is 10.2 Å². The summed E-state index contributed by atoms with van der Waals surface area (Å²) in [6, 6.07) is 0. The Hall–Kier alpha value is -1.33. The molecule has 0 unspecified atom stereocenters. The van der Waals surface area contributed by atoms with Crippen LogP contribution in [0, 0.1) is 5.92 Å². The molecule has 2 heterocycles. The molecule has 102 valence electrons. The lowest BCUT2D eigenvalue weighted by Gasteiger charge is -2.37. The van der Waals surface area contributed by atoms with E-state index in [0.717, 1.165) is 0 Å². The van der Waals surface area contributed by atoms with E-state index < -0.39 is 29.2 Å². The first-order chi connectivity index (χ1) is 8.22. The van der Waals surface area contributed by atoms with Crippen LogP contribution >= 0.6 is 0 Å². The standard InChI is InChI=1S/C12H19FN2O3/c1-11(2,3)18-10(17)15-5-4-12(13)8(7-15)6-14-9(12)16/h8H,4-7H2,1-3H3,(H,14,16)/t8-,12-/m0/s1. The number of hydrogen-bond acceptors (Lipinski definition) is 3. The summed E-state index contributed by atoms with van der Waals surface area (Å²) in [5.41, 5.74) is -2.37. The lowest BCUT2D eigenvalue weighted by molar-refractivity contribution is -0.133. The molecule has 2 aliphatic heterocycles. The normalized spacial score (nSPS) is 31.9. The molecule has 0 aromatic rings. The summed E-state index contributed by atoms with van der Waals surface area (Å²) >= 11 is 0. The molecule has 0 radical (unpaired) electrons. The summed E-state index contributed by atoms with van der Waals surface area (Å²) < 4.78 is 19.6. The number of amides is 2. The summed E-state index contributed by atoms with van der Waals surface area (Å²) in [4.78, 5) is 24.8. The van der Waals surface area contributed by atoms with Gasteiger partial charge in [0.2, 0.25) is 0 Å². The zero-order chi connectivity index (χ0) is 13.6. The van der Waals surface area contributed by atoms with Gasteiger partial charge in [-0.25, -0.2) is 9.18 Å². The Bertz CT molecular complexity index is 380. The zero-order valence-corrected chi connectivity index (χ0v) is 11.0. The molecule has 0 spiro atoms. The fourth-order valence-corrected chi connectivity index (χ4v) is 2.38. The van der Waals surface area contributed by atoms with Crippen molar-refractivity contribution in [3.63, 3.8) is 0 Å². The molecule has 5 nitrogen and oxygen atoms in total. The van der Waals surface area contributed by atoms with Crippen LogP contribution in [0.25, 0.3) is 0 Å². The van der Waals surface area contributed by atoms with Gasteiger partial charge in [-0.05, 0) is 20.8 Å². The largest absolute Gasteiger partial charge is 0.444 e. The molecule has 0 aliphatic carbocycles. The third kappa shape index (κ3) is 2.28. The molecule has 1 N–H and O–H groups in total. The molecule has 6 heteroatoms. The Morgan fingerprint density at radius 3 is 2.83 bits per heavy atom. The van der Waals surface area contributed by atoms with E-state index in [9.17, 15) is 14.0 Å². The number of carbonyl (C=O) groups excluding carboxylic acids is 2. The van der Waals surface area contributed by atoms with Gasteiger partial charge in [-0.1, -0.05) is 0 Å². The van der Waals surface area contributed by atoms with Crippen LogP contribution in [-0.4, -0.2) is 47.8 Å². The van der Waals surface area contributed by atoms with Crippen LogP contribution < -0.4 is 5.32 Å². The Morgan fingerprint density at radius 2 is 2.22 bits per heavy atom. The second-order valence-corrected chi connectivity index (χ2v) is 5.95. The predicted octanol–water partition coefficient (Wildman–Crippen LogP) is 1.08. The minimum atomic E-state index is -1.81. The van der Waals surface area contributed by atoms with Crippen LogP contribution in [0.2, 0.25) is 0 Å². The highest BCUT2D eigenvalue weighted by Gasteiger charge is 2.54. The van der Waals surface area contributed by atoms with Crippen LogP contribution in [0.4, 0.5) is 9.18 Å². The van der Waals surface area contributed by atoms with Crippen molar-refractivity contribution in [1.29, 1.82) is 0 Å². The van der Waals surface area contributed by atoms with E-state index in [0.29, 0.717) is 0 Å². The molecule has 0 saturated carbocycles. The molecule has 2 rings (SSSR count). The van der Waals surface area contributed by atoms with Crippen LogP contribution in [0.15, 0.2) is 0 Å². The minimum absolute atomic E-state index is 0.0444. The highest BCUT2D eigenvalue weighted by molar-refractivity contribution is 5.88. The van der Waals surface area contributed by atoms with Crippen molar-refractivity contribution in [2.24, 2.45) is 5.92 Å². The number of carbonyl (C=O) groups is 2. The van der Waals surface area contributed by atoms with Gasteiger partial charge in [-0.2, -0.15) is 0 Å². The molecule has 2 aliphatic rings. The van der Waals surface area contributed by atoms with Gasteiger partial charge in [-0.15, -0.1) is 0 Å². The van der Waals surface area contributed by atoms with E-state index in [4.69, 9.17) is 4.74 Å². The number of halogens is 1. The van der Waals surface area contributed by atoms with E-state index in [2.05, 4.69) is 5.32 Å². The van der Waals surface area contributed by atoms with E-state index in [1.165, 1.54) is 4.90 Å². The maximum Gasteiger partial charge on any atom is 0.410 e. The summed E-state index contributed by atoms with van der Waals surface area (Å²) in [7, 11) is 0. The number of ether oxygens (including phenoxy) is 1.